The third-order valence-corrected chi connectivity index (χ3v) is 3.30. The van der Waals surface area contributed by atoms with Crippen LogP contribution in [0.4, 0.5) is 0 Å². The van der Waals surface area contributed by atoms with E-state index in [-0.39, 0.29) is 6.10 Å². The van der Waals surface area contributed by atoms with Gasteiger partial charge in [-0.2, -0.15) is 0 Å². The van der Waals surface area contributed by atoms with Crippen LogP contribution in [0.3, 0.4) is 0 Å². The van der Waals surface area contributed by atoms with Crippen molar-refractivity contribution in [2.24, 2.45) is 0 Å². The second kappa shape index (κ2) is 7.85. The van der Waals surface area contributed by atoms with E-state index in [1.807, 2.05) is 30.3 Å². The van der Waals surface area contributed by atoms with E-state index in [2.05, 4.69) is 18.8 Å². The van der Waals surface area contributed by atoms with E-state index in [0.717, 1.165) is 17.7 Å². The third-order valence-electron chi connectivity index (χ3n) is 3.30. The molecule has 2 rings (SSSR count). The summed E-state index contributed by atoms with van der Waals surface area (Å²) in [6.07, 6.45) is 6.81. The first-order valence-electron chi connectivity index (χ1n) is 7.41. The van der Waals surface area contributed by atoms with Crippen molar-refractivity contribution in [3.05, 3.63) is 42.3 Å². The van der Waals surface area contributed by atoms with E-state index in [4.69, 9.17) is 9.15 Å². The molecule has 0 N–H and O–H groups in total. The van der Waals surface area contributed by atoms with Crippen LogP contribution in [0, 0.1) is 0 Å². The molecule has 0 aliphatic heterocycles. The first kappa shape index (κ1) is 14.8. The third kappa shape index (κ3) is 4.49. The van der Waals surface area contributed by atoms with Crippen molar-refractivity contribution in [2.75, 3.05) is 0 Å². The molecule has 0 amide bonds. The molecule has 20 heavy (non-hydrogen) atoms. The fraction of sp³-hybridized carbons (Fsp3) is 0.471. The normalized spacial score (nSPS) is 12.5. The van der Waals surface area contributed by atoms with Gasteiger partial charge in [0.15, 0.2) is 0 Å². The summed E-state index contributed by atoms with van der Waals surface area (Å²) in [4.78, 5) is 4.46. The Morgan fingerprint density at radius 3 is 2.75 bits per heavy atom. The Morgan fingerprint density at radius 1 is 1.20 bits per heavy atom. The van der Waals surface area contributed by atoms with Gasteiger partial charge in [-0.1, -0.05) is 44.4 Å². The predicted octanol–water partition coefficient (Wildman–Crippen LogP) is 4.83. The highest BCUT2D eigenvalue weighted by Gasteiger charge is 2.08. The van der Waals surface area contributed by atoms with Gasteiger partial charge in [0, 0.05) is 5.56 Å². The molecule has 1 unspecified atom stereocenters. The summed E-state index contributed by atoms with van der Waals surface area (Å²) < 4.78 is 11.3. The number of aromatic nitrogens is 1. The van der Waals surface area contributed by atoms with Gasteiger partial charge < -0.3 is 9.15 Å². The van der Waals surface area contributed by atoms with E-state index in [1.54, 1.807) is 6.26 Å². The second-order valence-electron chi connectivity index (χ2n) is 5.13. The molecule has 0 saturated carbocycles. The van der Waals surface area contributed by atoms with Gasteiger partial charge in [-0.3, -0.25) is 0 Å². The lowest BCUT2D eigenvalue weighted by molar-refractivity contribution is 0.0440. The summed E-state index contributed by atoms with van der Waals surface area (Å²) in [5.74, 6) is 0.655. The zero-order valence-corrected chi connectivity index (χ0v) is 12.3. The smallest absolute Gasteiger partial charge is 0.226 e. The Hall–Kier alpha value is -1.61. The standard InChI is InChI=1S/C17H23NO2/c1-3-4-6-9-14(2)19-12-16-13-20-17(18-16)15-10-7-5-8-11-15/h5,7-8,10-11,13-14H,3-4,6,9,12H2,1-2H3. The first-order valence-corrected chi connectivity index (χ1v) is 7.41. The molecule has 0 spiro atoms. The van der Waals surface area contributed by atoms with Gasteiger partial charge in [-0.05, 0) is 25.5 Å². The minimum atomic E-state index is 0.276. The fourth-order valence-electron chi connectivity index (χ4n) is 2.08. The van der Waals surface area contributed by atoms with Gasteiger partial charge in [0.1, 0.15) is 12.0 Å². The Morgan fingerprint density at radius 2 is 2.00 bits per heavy atom. The van der Waals surface area contributed by atoms with Crippen LogP contribution in [0.15, 0.2) is 41.0 Å². The number of hydrogen-bond acceptors (Lipinski definition) is 3. The Labute approximate surface area is 121 Å². The van der Waals surface area contributed by atoms with Crippen LogP contribution in [0.2, 0.25) is 0 Å². The average molecular weight is 273 g/mol. The molecule has 3 nitrogen and oxygen atoms in total. The molecule has 3 heteroatoms. The number of unbranched alkanes of at least 4 members (excludes halogenated alkanes) is 2. The molecule has 0 bridgehead atoms. The van der Waals surface area contributed by atoms with Gasteiger partial charge >= 0.3 is 0 Å². The number of ether oxygens (including phenoxy) is 1. The molecule has 1 aromatic heterocycles. The van der Waals surface area contributed by atoms with Crippen LogP contribution in [0.25, 0.3) is 11.5 Å². The molecule has 0 fully saturated rings. The van der Waals surface area contributed by atoms with E-state index in [1.165, 1.54) is 19.3 Å². The molecule has 2 aromatic rings. The monoisotopic (exact) mass is 273 g/mol. The zero-order valence-electron chi connectivity index (χ0n) is 12.3. The van der Waals surface area contributed by atoms with Crippen LogP contribution >= 0.6 is 0 Å². The van der Waals surface area contributed by atoms with Crippen molar-refractivity contribution >= 4 is 0 Å². The average Bonchev–Trinajstić information content (AvgIpc) is 2.95. The lowest BCUT2D eigenvalue weighted by Crippen LogP contribution is -2.08. The van der Waals surface area contributed by atoms with Gasteiger partial charge in [0.2, 0.25) is 5.89 Å². The molecular formula is C17H23NO2. The van der Waals surface area contributed by atoms with Crippen LogP contribution in [0.5, 0.6) is 0 Å². The summed E-state index contributed by atoms with van der Waals surface area (Å²) >= 11 is 0. The summed E-state index contributed by atoms with van der Waals surface area (Å²) in [5.41, 5.74) is 1.85. The minimum absolute atomic E-state index is 0.276. The highest BCUT2D eigenvalue weighted by atomic mass is 16.5. The molecule has 0 aliphatic carbocycles. The van der Waals surface area contributed by atoms with Crippen molar-refractivity contribution in [1.82, 2.24) is 4.98 Å². The maximum absolute atomic E-state index is 5.80. The fourth-order valence-corrected chi connectivity index (χ4v) is 2.08. The molecule has 0 radical (unpaired) electrons. The summed E-state index contributed by atoms with van der Waals surface area (Å²) in [6.45, 7) is 4.85. The Bertz CT molecular complexity index is 493. The maximum Gasteiger partial charge on any atom is 0.226 e. The molecule has 108 valence electrons. The quantitative estimate of drug-likeness (QED) is 0.646. The molecule has 1 aromatic carbocycles. The minimum Gasteiger partial charge on any atom is -0.444 e. The number of rotatable bonds is 8. The topological polar surface area (TPSA) is 35.3 Å². The van der Waals surface area contributed by atoms with Gasteiger partial charge in [-0.15, -0.1) is 0 Å². The summed E-state index contributed by atoms with van der Waals surface area (Å²) in [5, 5.41) is 0. The van der Waals surface area contributed by atoms with Crippen molar-refractivity contribution in [2.45, 2.75) is 52.2 Å². The van der Waals surface area contributed by atoms with Crippen molar-refractivity contribution in [3.63, 3.8) is 0 Å². The van der Waals surface area contributed by atoms with Gasteiger partial charge in [0.25, 0.3) is 0 Å². The molecule has 1 atom stereocenters. The number of benzene rings is 1. The van der Waals surface area contributed by atoms with E-state index < -0.39 is 0 Å². The van der Waals surface area contributed by atoms with Crippen molar-refractivity contribution < 1.29 is 9.15 Å². The van der Waals surface area contributed by atoms with Crippen molar-refractivity contribution in [1.29, 1.82) is 0 Å². The van der Waals surface area contributed by atoms with Crippen molar-refractivity contribution in [3.8, 4) is 11.5 Å². The molecule has 0 aliphatic rings. The highest BCUT2D eigenvalue weighted by molar-refractivity contribution is 5.52. The van der Waals surface area contributed by atoms with Crippen LogP contribution in [-0.2, 0) is 11.3 Å². The summed E-state index contributed by atoms with van der Waals surface area (Å²) in [7, 11) is 0. The van der Waals surface area contributed by atoms with Gasteiger partial charge in [-0.25, -0.2) is 4.98 Å². The molecular weight excluding hydrogens is 250 g/mol. The number of nitrogens with zero attached hydrogens (tertiary/aromatic N) is 1. The zero-order chi connectivity index (χ0) is 14.2. The maximum atomic E-state index is 5.80. The van der Waals surface area contributed by atoms with E-state index in [9.17, 15) is 0 Å². The predicted molar refractivity (Wildman–Crippen MR) is 80.3 cm³/mol. The molecule has 1 heterocycles. The summed E-state index contributed by atoms with van der Waals surface area (Å²) in [6, 6.07) is 9.92. The van der Waals surface area contributed by atoms with E-state index >= 15 is 0 Å². The Kier molecular flexibility index (Phi) is 5.81. The first-order chi connectivity index (χ1) is 9.79. The van der Waals surface area contributed by atoms with E-state index in [0.29, 0.717) is 12.5 Å². The number of oxazole rings is 1. The second-order valence-corrected chi connectivity index (χ2v) is 5.13. The molecule has 0 saturated heterocycles. The van der Waals surface area contributed by atoms with Crippen LogP contribution in [0.1, 0.15) is 45.2 Å². The lowest BCUT2D eigenvalue weighted by Gasteiger charge is -2.11. The highest BCUT2D eigenvalue weighted by Crippen LogP contribution is 2.18. The van der Waals surface area contributed by atoms with Crippen LogP contribution in [-0.4, -0.2) is 11.1 Å². The van der Waals surface area contributed by atoms with Crippen LogP contribution < -0.4 is 0 Å². The Balaban J connectivity index is 1.81. The number of hydrogen-bond donors (Lipinski definition) is 0. The van der Waals surface area contributed by atoms with Gasteiger partial charge in [0.05, 0.1) is 12.7 Å². The lowest BCUT2D eigenvalue weighted by atomic mass is 10.1. The SMILES string of the molecule is CCCCCC(C)OCc1coc(-c2ccccc2)n1. The largest absolute Gasteiger partial charge is 0.444 e.